The van der Waals surface area contributed by atoms with Crippen LogP contribution in [0.15, 0.2) is 24.3 Å². The number of hydrogen-bond acceptors (Lipinski definition) is 4. The number of rotatable bonds is 1. The number of aryl methyl sites for hydroxylation is 2. The van der Waals surface area contributed by atoms with Gasteiger partial charge in [-0.25, -0.2) is 0 Å². The average molecular weight is 296 g/mol. The van der Waals surface area contributed by atoms with Crippen LogP contribution in [-0.4, -0.2) is 23.3 Å². The smallest absolute Gasteiger partial charge is 0.125 e. The van der Waals surface area contributed by atoms with Crippen LogP contribution >= 0.6 is 0 Å². The van der Waals surface area contributed by atoms with Crippen molar-refractivity contribution in [3.8, 4) is 22.6 Å². The SMILES string of the molecule is Oc1ccc2c(c1-c1c(O)ccc3c1NCCC3)NCCC2. The maximum atomic E-state index is 10.5. The van der Waals surface area contributed by atoms with Crippen molar-refractivity contribution >= 4 is 11.4 Å². The predicted octanol–water partition coefficient (Wildman–Crippen LogP) is 3.48. The molecular formula is C18H20N2O2. The molecule has 4 N–H and O–H groups in total. The molecular weight excluding hydrogens is 276 g/mol. The van der Waals surface area contributed by atoms with Crippen molar-refractivity contribution in [3.05, 3.63) is 35.4 Å². The molecule has 0 aliphatic carbocycles. The molecule has 0 saturated carbocycles. The summed E-state index contributed by atoms with van der Waals surface area (Å²) < 4.78 is 0. The van der Waals surface area contributed by atoms with Crippen molar-refractivity contribution in [2.45, 2.75) is 25.7 Å². The molecule has 114 valence electrons. The normalized spacial score (nSPS) is 16.2. The first-order valence-corrected chi connectivity index (χ1v) is 7.93. The van der Waals surface area contributed by atoms with E-state index >= 15 is 0 Å². The highest BCUT2D eigenvalue weighted by Crippen LogP contribution is 2.48. The van der Waals surface area contributed by atoms with Gasteiger partial charge >= 0.3 is 0 Å². The van der Waals surface area contributed by atoms with Gasteiger partial charge in [-0.2, -0.15) is 0 Å². The third kappa shape index (κ3) is 1.98. The molecule has 0 radical (unpaired) electrons. The second kappa shape index (κ2) is 5.13. The quantitative estimate of drug-likeness (QED) is 0.650. The minimum atomic E-state index is 0.212. The Morgan fingerprint density at radius 2 is 1.14 bits per heavy atom. The molecule has 2 aromatic carbocycles. The summed E-state index contributed by atoms with van der Waals surface area (Å²) in [5, 5.41) is 27.7. The molecule has 4 heteroatoms. The number of anilines is 2. The molecule has 2 heterocycles. The third-order valence-corrected chi connectivity index (χ3v) is 4.64. The van der Waals surface area contributed by atoms with Crippen molar-refractivity contribution in [1.29, 1.82) is 0 Å². The Balaban J connectivity index is 2.00. The van der Waals surface area contributed by atoms with Gasteiger partial charge in [0.2, 0.25) is 0 Å². The van der Waals surface area contributed by atoms with Gasteiger partial charge in [-0.1, -0.05) is 12.1 Å². The van der Waals surface area contributed by atoms with Gasteiger partial charge in [-0.15, -0.1) is 0 Å². The van der Waals surface area contributed by atoms with Crippen molar-refractivity contribution in [2.75, 3.05) is 23.7 Å². The van der Waals surface area contributed by atoms with E-state index in [-0.39, 0.29) is 11.5 Å². The van der Waals surface area contributed by atoms with Crippen LogP contribution in [0.2, 0.25) is 0 Å². The Bertz CT molecular complexity index is 677. The zero-order valence-corrected chi connectivity index (χ0v) is 12.4. The molecule has 0 fully saturated rings. The molecule has 0 saturated heterocycles. The van der Waals surface area contributed by atoms with Gasteiger partial charge in [0.05, 0.1) is 11.1 Å². The predicted molar refractivity (Wildman–Crippen MR) is 88.8 cm³/mol. The largest absolute Gasteiger partial charge is 0.507 e. The maximum absolute atomic E-state index is 10.5. The number of nitrogens with one attached hydrogen (secondary N) is 2. The molecule has 2 aromatic rings. The van der Waals surface area contributed by atoms with Gasteiger partial charge in [-0.3, -0.25) is 0 Å². The van der Waals surface area contributed by atoms with E-state index in [1.807, 2.05) is 12.1 Å². The molecule has 0 atom stereocenters. The zero-order valence-electron chi connectivity index (χ0n) is 12.4. The molecule has 4 nitrogen and oxygen atoms in total. The van der Waals surface area contributed by atoms with Crippen LogP contribution in [0.1, 0.15) is 24.0 Å². The molecule has 0 spiro atoms. The molecule has 0 unspecified atom stereocenters. The summed E-state index contributed by atoms with van der Waals surface area (Å²) in [4.78, 5) is 0. The minimum absolute atomic E-state index is 0.212. The lowest BCUT2D eigenvalue weighted by Gasteiger charge is -2.26. The Kier molecular flexibility index (Phi) is 3.10. The monoisotopic (exact) mass is 296 g/mol. The first-order valence-electron chi connectivity index (χ1n) is 7.93. The van der Waals surface area contributed by atoms with Gasteiger partial charge in [0.25, 0.3) is 0 Å². The van der Waals surface area contributed by atoms with Crippen LogP contribution in [0, 0.1) is 0 Å². The van der Waals surface area contributed by atoms with E-state index in [0.717, 1.165) is 61.3 Å². The van der Waals surface area contributed by atoms with E-state index in [4.69, 9.17) is 0 Å². The van der Waals surface area contributed by atoms with Crippen LogP contribution in [-0.2, 0) is 12.8 Å². The van der Waals surface area contributed by atoms with E-state index < -0.39 is 0 Å². The maximum Gasteiger partial charge on any atom is 0.125 e. The van der Waals surface area contributed by atoms with Crippen molar-refractivity contribution in [1.82, 2.24) is 0 Å². The second-order valence-electron chi connectivity index (χ2n) is 6.05. The van der Waals surface area contributed by atoms with Crippen molar-refractivity contribution < 1.29 is 10.2 Å². The number of phenolic OH excluding ortho intramolecular Hbond substituents is 2. The lowest BCUT2D eigenvalue weighted by molar-refractivity contribution is 0.469. The highest BCUT2D eigenvalue weighted by atomic mass is 16.3. The van der Waals surface area contributed by atoms with E-state index in [9.17, 15) is 10.2 Å². The Morgan fingerprint density at radius 3 is 1.59 bits per heavy atom. The van der Waals surface area contributed by atoms with E-state index in [2.05, 4.69) is 10.6 Å². The summed E-state index contributed by atoms with van der Waals surface area (Å²) >= 11 is 0. The summed E-state index contributed by atoms with van der Waals surface area (Å²) in [5.41, 5.74) is 5.77. The first kappa shape index (κ1) is 13.3. The molecule has 0 aromatic heterocycles. The second-order valence-corrected chi connectivity index (χ2v) is 6.05. The topological polar surface area (TPSA) is 64.5 Å². The number of phenols is 2. The number of aromatic hydroxyl groups is 2. The third-order valence-electron chi connectivity index (χ3n) is 4.64. The minimum Gasteiger partial charge on any atom is -0.507 e. The molecule has 22 heavy (non-hydrogen) atoms. The average Bonchev–Trinajstić information content (AvgIpc) is 2.56. The Labute approximate surface area is 129 Å². The van der Waals surface area contributed by atoms with Crippen LogP contribution in [0.3, 0.4) is 0 Å². The fraction of sp³-hybridized carbons (Fsp3) is 0.333. The van der Waals surface area contributed by atoms with Gasteiger partial charge in [0.1, 0.15) is 11.5 Å². The molecule has 2 aliphatic rings. The van der Waals surface area contributed by atoms with E-state index in [1.165, 1.54) is 11.1 Å². The highest BCUT2D eigenvalue weighted by Gasteiger charge is 2.24. The lowest BCUT2D eigenvalue weighted by atomic mass is 9.90. The summed E-state index contributed by atoms with van der Waals surface area (Å²) in [7, 11) is 0. The standard InChI is InChI=1S/C18H20N2O2/c21-13-7-5-11-3-1-9-19-17(11)15(13)16-14(22)8-6-12-4-2-10-20-18(12)16/h5-8,19-22H,1-4,9-10H2. The first-order chi connectivity index (χ1) is 10.8. The Hall–Kier alpha value is -2.36. The van der Waals surface area contributed by atoms with Gasteiger partial charge in [0.15, 0.2) is 0 Å². The van der Waals surface area contributed by atoms with E-state index in [0.29, 0.717) is 0 Å². The van der Waals surface area contributed by atoms with Gasteiger partial charge in [-0.05, 0) is 48.9 Å². The van der Waals surface area contributed by atoms with Gasteiger partial charge in [0, 0.05) is 24.5 Å². The number of hydrogen-bond donors (Lipinski definition) is 4. The zero-order chi connectivity index (χ0) is 15.1. The molecule has 4 rings (SSSR count). The van der Waals surface area contributed by atoms with Gasteiger partial charge < -0.3 is 20.8 Å². The van der Waals surface area contributed by atoms with Crippen LogP contribution in [0.5, 0.6) is 11.5 Å². The summed E-state index contributed by atoms with van der Waals surface area (Å²) in [6.45, 7) is 1.79. The summed E-state index contributed by atoms with van der Waals surface area (Å²) in [5.74, 6) is 0.424. The fourth-order valence-corrected chi connectivity index (χ4v) is 3.58. The summed E-state index contributed by atoms with van der Waals surface area (Å²) in [6.07, 6.45) is 4.18. The fourth-order valence-electron chi connectivity index (χ4n) is 3.58. The van der Waals surface area contributed by atoms with Crippen molar-refractivity contribution in [3.63, 3.8) is 0 Å². The lowest BCUT2D eigenvalue weighted by Crippen LogP contribution is -2.15. The molecule has 2 aliphatic heterocycles. The highest BCUT2D eigenvalue weighted by molar-refractivity contribution is 5.96. The van der Waals surface area contributed by atoms with E-state index in [1.54, 1.807) is 12.1 Å². The van der Waals surface area contributed by atoms with Crippen molar-refractivity contribution in [2.24, 2.45) is 0 Å². The van der Waals surface area contributed by atoms with Crippen LogP contribution in [0.4, 0.5) is 11.4 Å². The summed E-state index contributed by atoms with van der Waals surface area (Å²) in [6, 6.07) is 7.42. The molecule has 0 bridgehead atoms. The number of benzene rings is 2. The molecule has 0 amide bonds. The number of fused-ring (bicyclic) bond motifs is 2. The van der Waals surface area contributed by atoms with Crippen LogP contribution < -0.4 is 10.6 Å². The Morgan fingerprint density at radius 1 is 0.682 bits per heavy atom. The van der Waals surface area contributed by atoms with Crippen LogP contribution in [0.25, 0.3) is 11.1 Å².